The number of likely N-dealkylation sites (tertiary alicyclic amines) is 1. The molecule has 3 rings (SSSR count). The van der Waals surface area contributed by atoms with Crippen LogP contribution in [0, 0.1) is 16.0 Å². The minimum Gasteiger partial charge on any atom is -0.346 e. The molecule has 1 fully saturated rings. The van der Waals surface area contributed by atoms with Gasteiger partial charge in [-0.25, -0.2) is 4.98 Å². The first kappa shape index (κ1) is 21.5. The molecule has 1 aromatic carbocycles. The molecule has 1 aromatic heterocycles. The average molecular weight is 413 g/mol. The number of nitro groups is 1. The summed E-state index contributed by atoms with van der Waals surface area (Å²) in [6.45, 7) is 3.78. The number of unbranched alkanes of at least 4 members (excludes halogenated alkanes) is 1. The lowest BCUT2D eigenvalue weighted by Gasteiger charge is -2.33. The summed E-state index contributed by atoms with van der Waals surface area (Å²) in [7, 11) is 1.83. The predicted octanol–water partition coefficient (Wildman–Crippen LogP) is 2.89. The molecular formula is C21H27N5O4. The maximum absolute atomic E-state index is 12.9. The lowest BCUT2D eigenvalue weighted by atomic mass is 9.94. The molecule has 2 heterocycles. The Morgan fingerprint density at radius 2 is 2.03 bits per heavy atom. The first-order valence-corrected chi connectivity index (χ1v) is 10.2. The molecule has 9 nitrogen and oxygen atoms in total. The number of imidazole rings is 1. The van der Waals surface area contributed by atoms with Crippen LogP contribution in [0.3, 0.4) is 0 Å². The van der Waals surface area contributed by atoms with E-state index in [-0.39, 0.29) is 29.0 Å². The third-order valence-corrected chi connectivity index (χ3v) is 5.56. The van der Waals surface area contributed by atoms with E-state index in [9.17, 15) is 19.7 Å². The van der Waals surface area contributed by atoms with Gasteiger partial charge in [-0.1, -0.05) is 13.3 Å². The zero-order valence-electron chi connectivity index (χ0n) is 17.4. The van der Waals surface area contributed by atoms with Crippen LogP contribution < -0.4 is 0 Å². The van der Waals surface area contributed by atoms with Crippen LogP contribution in [0.1, 0.15) is 43.0 Å². The molecule has 2 amide bonds. The lowest BCUT2D eigenvalue weighted by Crippen LogP contribution is -2.43. The minimum atomic E-state index is -0.497. The second-order valence-electron chi connectivity index (χ2n) is 7.61. The smallest absolute Gasteiger partial charge is 0.294 e. The minimum absolute atomic E-state index is 0.0751. The fraction of sp³-hybridized carbons (Fsp3) is 0.476. The Hall–Kier alpha value is -3.23. The van der Waals surface area contributed by atoms with E-state index in [2.05, 4.69) is 11.9 Å². The number of nitrogens with zero attached hydrogens (tertiary/aromatic N) is 5. The summed E-state index contributed by atoms with van der Waals surface area (Å²) in [5.41, 5.74) is 0.477. The summed E-state index contributed by atoms with van der Waals surface area (Å²) in [5.74, 6) is -0.190. The molecule has 0 aliphatic carbocycles. The third-order valence-electron chi connectivity index (χ3n) is 5.56. The lowest BCUT2D eigenvalue weighted by molar-refractivity contribution is -0.384. The molecule has 160 valence electrons. The standard InChI is InChI=1S/C21H27N5O4/c1-3-4-10-23(2)20(27)16-7-11-24(12-8-16)21(28)17-5-6-18(19(14-17)26(29)30)25-13-9-22-15-25/h5-6,9,13-16H,3-4,7-8,10-12H2,1-2H3. The first-order valence-electron chi connectivity index (χ1n) is 10.2. The number of amides is 2. The fourth-order valence-electron chi connectivity index (χ4n) is 3.75. The summed E-state index contributed by atoms with van der Waals surface area (Å²) < 4.78 is 1.54. The van der Waals surface area contributed by atoms with Crippen molar-refractivity contribution < 1.29 is 14.5 Å². The fourth-order valence-corrected chi connectivity index (χ4v) is 3.75. The Labute approximate surface area is 175 Å². The number of hydrogen-bond donors (Lipinski definition) is 0. The number of aromatic nitrogens is 2. The predicted molar refractivity (Wildman–Crippen MR) is 111 cm³/mol. The van der Waals surface area contributed by atoms with E-state index in [0.29, 0.717) is 31.6 Å². The van der Waals surface area contributed by atoms with Crippen LogP contribution in [0.25, 0.3) is 5.69 Å². The van der Waals surface area contributed by atoms with Gasteiger partial charge in [0.2, 0.25) is 5.91 Å². The largest absolute Gasteiger partial charge is 0.346 e. The van der Waals surface area contributed by atoms with Gasteiger partial charge in [-0.05, 0) is 31.4 Å². The topological polar surface area (TPSA) is 102 Å². The summed E-state index contributed by atoms with van der Waals surface area (Å²) in [5, 5.41) is 11.5. The van der Waals surface area contributed by atoms with E-state index in [4.69, 9.17) is 0 Å². The van der Waals surface area contributed by atoms with Crippen molar-refractivity contribution in [3.05, 3.63) is 52.6 Å². The van der Waals surface area contributed by atoms with Gasteiger partial charge in [-0.15, -0.1) is 0 Å². The highest BCUT2D eigenvalue weighted by molar-refractivity contribution is 5.95. The van der Waals surface area contributed by atoms with E-state index < -0.39 is 4.92 Å². The molecule has 2 aromatic rings. The van der Waals surface area contributed by atoms with Crippen LogP contribution >= 0.6 is 0 Å². The zero-order valence-corrected chi connectivity index (χ0v) is 17.4. The van der Waals surface area contributed by atoms with Crippen LogP contribution in [-0.2, 0) is 4.79 Å². The molecule has 9 heteroatoms. The van der Waals surface area contributed by atoms with Crippen LogP contribution in [0.4, 0.5) is 5.69 Å². The average Bonchev–Trinajstić information content (AvgIpc) is 3.31. The maximum Gasteiger partial charge on any atom is 0.294 e. The highest BCUT2D eigenvalue weighted by Crippen LogP contribution is 2.26. The van der Waals surface area contributed by atoms with Crippen LogP contribution in [0.15, 0.2) is 36.9 Å². The number of nitro benzene ring substituents is 1. The van der Waals surface area contributed by atoms with Gasteiger partial charge in [0.15, 0.2) is 0 Å². The van der Waals surface area contributed by atoms with Crippen molar-refractivity contribution in [3.8, 4) is 5.69 Å². The molecule has 0 spiro atoms. The van der Waals surface area contributed by atoms with E-state index in [0.717, 1.165) is 19.4 Å². The molecule has 0 bridgehead atoms. The Kier molecular flexibility index (Phi) is 6.81. The second kappa shape index (κ2) is 9.51. The van der Waals surface area contributed by atoms with Crippen molar-refractivity contribution >= 4 is 17.5 Å². The molecule has 1 aliphatic rings. The Morgan fingerprint density at radius 1 is 1.30 bits per heavy atom. The van der Waals surface area contributed by atoms with Crippen molar-refractivity contribution in [1.82, 2.24) is 19.4 Å². The van der Waals surface area contributed by atoms with Crippen LogP contribution in [0.2, 0.25) is 0 Å². The number of carbonyl (C=O) groups excluding carboxylic acids is 2. The summed E-state index contributed by atoms with van der Waals surface area (Å²) >= 11 is 0. The Morgan fingerprint density at radius 3 is 2.63 bits per heavy atom. The van der Waals surface area contributed by atoms with Crippen LogP contribution in [-0.4, -0.2) is 62.8 Å². The quantitative estimate of drug-likeness (QED) is 0.513. The van der Waals surface area contributed by atoms with Gasteiger partial charge >= 0.3 is 0 Å². The Bertz CT molecular complexity index is 904. The van der Waals surface area contributed by atoms with E-state index in [1.165, 1.54) is 18.6 Å². The third kappa shape index (κ3) is 4.67. The van der Waals surface area contributed by atoms with Gasteiger partial charge in [0.25, 0.3) is 11.6 Å². The van der Waals surface area contributed by atoms with E-state index in [1.807, 2.05) is 7.05 Å². The molecule has 0 unspecified atom stereocenters. The summed E-state index contributed by atoms with van der Waals surface area (Å²) in [6.07, 6.45) is 7.86. The molecule has 30 heavy (non-hydrogen) atoms. The number of hydrogen-bond acceptors (Lipinski definition) is 5. The van der Waals surface area contributed by atoms with Gasteiger partial charge in [0.1, 0.15) is 5.69 Å². The van der Waals surface area contributed by atoms with E-state index in [1.54, 1.807) is 32.7 Å². The monoisotopic (exact) mass is 413 g/mol. The van der Waals surface area contributed by atoms with E-state index >= 15 is 0 Å². The molecule has 0 N–H and O–H groups in total. The van der Waals surface area contributed by atoms with Crippen molar-refractivity contribution in [2.75, 3.05) is 26.7 Å². The Balaban J connectivity index is 1.67. The van der Waals surface area contributed by atoms with Crippen molar-refractivity contribution in [3.63, 3.8) is 0 Å². The molecule has 0 radical (unpaired) electrons. The molecule has 0 atom stereocenters. The molecule has 1 aliphatic heterocycles. The molecular weight excluding hydrogens is 386 g/mol. The highest BCUT2D eigenvalue weighted by Gasteiger charge is 2.30. The van der Waals surface area contributed by atoms with Gasteiger partial charge in [-0.2, -0.15) is 0 Å². The van der Waals surface area contributed by atoms with Crippen molar-refractivity contribution in [1.29, 1.82) is 0 Å². The number of benzene rings is 1. The summed E-state index contributed by atoms with van der Waals surface area (Å²) in [6, 6.07) is 4.47. The summed E-state index contributed by atoms with van der Waals surface area (Å²) in [4.78, 5) is 43.9. The maximum atomic E-state index is 12.9. The first-order chi connectivity index (χ1) is 14.4. The van der Waals surface area contributed by atoms with Crippen LogP contribution in [0.5, 0.6) is 0 Å². The number of piperidine rings is 1. The zero-order chi connectivity index (χ0) is 21.7. The van der Waals surface area contributed by atoms with Gasteiger partial charge in [0.05, 0.1) is 11.3 Å². The normalized spacial score (nSPS) is 14.5. The number of carbonyl (C=O) groups is 2. The number of rotatable bonds is 7. The van der Waals surface area contributed by atoms with Gasteiger partial charge in [0, 0.05) is 56.6 Å². The van der Waals surface area contributed by atoms with Gasteiger partial charge in [-0.3, -0.25) is 19.7 Å². The van der Waals surface area contributed by atoms with Crippen molar-refractivity contribution in [2.45, 2.75) is 32.6 Å². The molecule has 1 saturated heterocycles. The highest BCUT2D eigenvalue weighted by atomic mass is 16.6. The van der Waals surface area contributed by atoms with Crippen molar-refractivity contribution in [2.24, 2.45) is 5.92 Å². The second-order valence-corrected chi connectivity index (χ2v) is 7.61. The van der Waals surface area contributed by atoms with Gasteiger partial charge < -0.3 is 14.4 Å². The molecule has 0 saturated carbocycles. The SMILES string of the molecule is CCCCN(C)C(=O)C1CCN(C(=O)c2ccc(-n3ccnc3)c([N+](=O)[O-])c2)CC1.